The van der Waals surface area contributed by atoms with Crippen LogP contribution in [-0.2, 0) is 6.42 Å². The van der Waals surface area contributed by atoms with Gasteiger partial charge in [-0.25, -0.2) is 4.98 Å². The molecule has 0 spiro atoms. The number of nitrogens with zero attached hydrogens (tertiary/aromatic N) is 2. The van der Waals surface area contributed by atoms with Crippen LogP contribution >= 0.6 is 11.3 Å². The van der Waals surface area contributed by atoms with Crippen molar-refractivity contribution >= 4 is 22.8 Å². The molecular weight excluding hydrogens is 268 g/mol. The Morgan fingerprint density at radius 1 is 1.35 bits per heavy atom. The third-order valence-corrected chi connectivity index (χ3v) is 4.76. The summed E-state index contributed by atoms with van der Waals surface area (Å²) in [5.41, 5.74) is 2.35. The van der Waals surface area contributed by atoms with E-state index in [2.05, 4.69) is 34.1 Å². The van der Waals surface area contributed by atoms with Crippen LogP contribution in [-0.4, -0.2) is 24.9 Å². The minimum absolute atomic E-state index is 0.530. The smallest absolute Gasteiger partial charge is 0.185 e. The average Bonchev–Trinajstić information content (AvgIpc) is 3.24. The molecule has 1 saturated carbocycles. The number of aldehydes is 1. The highest BCUT2D eigenvalue weighted by molar-refractivity contribution is 7.17. The number of hydrogen-bond acceptors (Lipinski definition) is 4. The molecule has 1 aliphatic carbocycles. The zero-order valence-electron chi connectivity index (χ0n) is 11.6. The van der Waals surface area contributed by atoms with Crippen LogP contribution in [0.1, 0.15) is 39.7 Å². The van der Waals surface area contributed by atoms with Gasteiger partial charge in [-0.1, -0.05) is 41.7 Å². The molecule has 1 aromatic carbocycles. The van der Waals surface area contributed by atoms with Gasteiger partial charge in [-0.05, 0) is 24.8 Å². The molecule has 0 radical (unpaired) electrons. The molecule has 104 valence electrons. The molecule has 0 aliphatic heterocycles. The van der Waals surface area contributed by atoms with Gasteiger partial charge in [0.15, 0.2) is 11.4 Å². The van der Waals surface area contributed by atoms with Gasteiger partial charge in [0, 0.05) is 19.5 Å². The number of benzene rings is 1. The number of carbonyl (C=O) groups excluding carboxylic acids is 1. The summed E-state index contributed by atoms with van der Waals surface area (Å²) in [5, 5.41) is 0.963. The molecule has 2 aromatic rings. The van der Waals surface area contributed by atoms with E-state index in [0.29, 0.717) is 5.92 Å². The Bertz CT molecular complexity index is 590. The minimum Gasteiger partial charge on any atom is -0.351 e. The summed E-state index contributed by atoms with van der Waals surface area (Å²) in [7, 11) is 2.05. The maximum Gasteiger partial charge on any atom is 0.185 e. The van der Waals surface area contributed by atoms with E-state index in [-0.39, 0.29) is 0 Å². The van der Waals surface area contributed by atoms with Gasteiger partial charge in [0.05, 0.1) is 10.6 Å². The van der Waals surface area contributed by atoms with E-state index in [1.807, 2.05) is 13.1 Å². The summed E-state index contributed by atoms with van der Waals surface area (Å²) in [5.74, 6) is 0.530. The molecule has 20 heavy (non-hydrogen) atoms. The zero-order valence-corrected chi connectivity index (χ0v) is 12.4. The minimum atomic E-state index is 0.530. The number of anilines is 1. The largest absolute Gasteiger partial charge is 0.351 e. The standard InChI is InChI=1S/C16H18N2OS/c1-18(10-9-12-5-3-2-4-6-12)16-17-15(13-7-8-13)14(11-19)20-16/h2-6,11,13H,7-10H2,1H3. The predicted octanol–water partition coefficient (Wildman–Crippen LogP) is 3.51. The number of hydrogen-bond donors (Lipinski definition) is 0. The van der Waals surface area contributed by atoms with Gasteiger partial charge in [0.25, 0.3) is 0 Å². The van der Waals surface area contributed by atoms with E-state index in [4.69, 9.17) is 0 Å². The molecule has 1 heterocycles. The predicted molar refractivity (Wildman–Crippen MR) is 82.9 cm³/mol. The van der Waals surface area contributed by atoms with Crippen LogP contribution < -0.4 is 4.90 Å². The van der Waals surface area contributed by atoms with E-state index in [1.54, 1.807) is 0 Å². The van der Waals surface area contributed by atoms with Crippen molar-refractivity contribution < 1.29 is 4.79 Å². The molecule has 0 unspecified atom stereocenters. The lowest BCUT2D eigenvalue weighted by molar-refractivity contribution is 0.112. The first-order chi connectivity index (χ1) is 9.78. The van der Waals surface area contributed by atoms with E-state index < -0.39 is 0 Å². The Kier molecular flexibility index (Phi) is 3.83. The fraction of sp³-hybridized carbons (Fsp3) is 0.375. The normalized spacial score (nSPS) is 14.2. The van der Waals surface area contributed by atoms with E-state index in [0.717, 1.165) is 35.0 Å². The summed E-state index contributed by atoms with van der Waals surface area (Å²) in [4.78, 5) is 18.8. The molecule has 1 aromatic heterocycles. The Morgan fingerprint density at radius 2 is 2.10 bits per heavy atom. The van der Waals surface area contributed by atoms with E-state index in [9.17, 15) is 4.79 Å². The first kappa shape index (κ1) is 13.3. The van der Waals surface area contributed by atoms with Crippen molar-refractivity contribution in [1.29, 1.82) is 0 Å². The SMILES string of the molecule is CN(CCc1ccccc1)c1nc(C2CC2)c(C=O)s1. The van der Waals surface area contributed by atoms with Crippen LogP contribution in [0.25, 0.3) is 0 Å². The van der Waals surface area contributed by atoms with Crippen LogP contribution in [0.15, 0.2) is 30.3 Å². The topological polar surface area (TPSA) is 33.2 Å². The van der Waals surface area contributed by atoms with Crippen LogP contribution in [0.2, 0.25) is 0 Å². The van der Waals surface area contributed by atoms with Gasteiger partial charge < -0.3 is 4.90 Å². The quantitative estimate of drug-likeness (QED) is 0.762. The molecule has 0 N–H and O–H groups in total. The maximum atomic E-state index is 11.1. The molecule has 1 aliphatic rings. The molecule has 1 fully saturated rings. The monoisotopic (exact) mass is 286 g/mol. The van der Waals surface area contributed by atoms with Crippen molar-refractivity contribution in [3.63, 3.8) is 0 Å². The number of thiazole rings is 1. The van der Waals surface area contributed by atoms with Gasteiger partial charge in [-0.3, -0.25) is 4.79 Å². The zero-order chi connectivity index (χ0) is 13.9. The van der Waals surface area contributed by atoms with Gasteiger partial charge in [0.1, 0.15) is 0 Å². The lowest BCUT2D eigenvalue weighted by atomic mass is 10.1. The summed E-state index contributed by atoms with van der Waals surface area (Å²) in [6, 6.07) is 10.4. The Balaban J connectivity index is 1.67. The van der Waals surface area contributed by atoms with Crippen molar-refractivity contribution in [2.75, 3.05) is 18.5 Å². The van der Waals surface area contributed by atoms with Crippen molar-refractivity contribution in [2.24, 2.45) is 0 Å². The summed E-state index contributed by atoms with van der Waals surface area (Å²) in [6.07, 6.45) is 4.31. The van der Waals surface area contributed by atoms with Crippen molar-refractivity contribution in [3.05, 3.63) is 46.5 Å². The summed E-state index contributed by atoms with van der Waals surface area (Å²) in [6.45, 7) is 0.917. The Hall–Kier alpha value is -1.68. The fourth-order valence-electron chi connectivity index (χ4n) is 2.27. The average molecular weight is 286 g/mol. The lowest BCUT2D eigenvalue weighted by Crippen LogP contribution is -2.20. The van der Waals surface area contributed by atoms with Crippen LogP contribution in [0, 0.1) is 0 Å². The Labute approximate surface area is 123 Å². The van der Waals surface area contributed by atoms with Gasteiger partial charge >= 0.3 is 0 Å². The molecule has 0 bridgehead atoms. The van der Waals surface area contributed by atoms with Crippen molar-refractivity contribution in [3.8, 4) is 0 Å². The Morgan fingerprint density at radius 3 is 2.75 bits per heavy atom. The molecule has 3 nitrogen and oxygen atoms in total. The molecule has 0 saturated heterocycles. The van der Waals surface area contributed by atoms with Gasteiger partial charge in [0.2, 0.25) is 0 Å². The highest BCUT2D eigenvalue weighted by Gasteiger charge is 2.30. The van der Waals surface area contributed by atoms with E-state index in [1.165, 1.54) is 29.7 Å². The maximum absolute atomic E-state index is 11.1. The number of aromatic nitrogens is 1. The third-order valence-electron chi connectivity index (χ3n) is 3.65. The fourth-order valence-corrected chi connectivity index (χ4v) is 3.22. The third kappa shape index (κ3) is 2.90. The van der Waals surface area contributed by atoms with Crippen LogP contribution in [0.5, 0.6) is 0 Å². The molecule has 3 rings (SSSR count). The lowest BCUT2D eigenvalue weighted by Gasteiger charge is -2.15. The first-order valence-electron chi connectivity index (χ1n) is 6.99. The summed E-state index contributed by atoms with van der Waals surface area (Å²) < 4.78 is 0. The molecule has 0 atom stereocenters. The second-order valence-electron chi connectivity index (χ2n) is 5.30. The first-order valence-corrected chi connectivity index (χ1v) is 7.80. The van der Waals surface area contributed by atoms with Crippen molar-refractivity contribution in [1.82, 2.24) is 4.98 Å². The van der Waals surface area contributed by atoms with E-state index >= 15 is 0 Å². The van der Waals surface area contributed by atoms with Crippen LogP contribution in [0.4, 0.5) is 5.13 Å². The van der Waals surface area contributed by atoms with Crippen LogP contribution in [0.3, 0.4) is 0 Å². The molecule has 4 heteroatoms. The highest BCUT2D eigenvalue weighted by atomic mass is 32.1. The summed E-state index contributed by atoms with van der Waals surface area (Å²) >= 11 is 1.52. The number of likely N-dealkylation sites (N-methyl/N-ethyl adjacent to an activating group) is 1. The van der Waals surface area contributed by atoms with Crippen molar-refractivity contribution in [2.45, 2.75) is 25.2 Å². The molecular formula is C16H18N2OS. The van der Waals surface area contributed by atoms with Gasteiger partial charge in [-0.2, -0.15) is 0 Å². The number of rotatable bonds is 6. The molecule has 0 amide bonds. The van der Waals surface area contributed by atoms with Gasteiger partial charge in [-0.15, -0.1) is 0 Å². The second kappa shape index (κ2) is 5.75. The second-order valence-corrected chi connectivity index (χ2v) is 6.30. The number of carbonyl (C=O) groups is 1. The highest BCUT2D eigenvalue weighted by Crippen LogP contribution is 2.43.